The van der Waals surface area contributed by atoms with Crippen LogP contribution in [0.15, 0.2) is 36.4 Å². The van der Waals surface area contributed by atoms with E-state index in [9.17, 15) is 15.0 Å². The van der Waals surface area contributed by atoms with Crippen LogP contribution in [-0.2, 0) is 11.2 Å². The Balaban J connectivity index is 2.12. The van der Waals surface area contributed by atoms with Gasteiger partial charge in [0.05, 0.1) is 25.3 Å². The molecule has 0 aromatic heterocycles. The van der Waals surface area contributed by atoms with Crippen LogP contribution < -0.4 is 4.74 Å². The predicted octanol–water partition coefficient (Wildman–Crippen LogP) is 3.51. The van der Waals surface area contributed by atoms with Crippen molar-refractivity contribution >= 4 is 17.6 Å². The summed E-state index contributed by atoms with van der Waals surface area (Å²) in [7, 11) is 2.79. The Labute approximate surface area is 145 Å². The summed E-state index contributed by atoms with van der Waals surface area (Å²) >= 11 is 6.15. The smallest absolute Gasteiger partial charge is 0.341 e. The number of aromatic hydroxyl groups is 1. The molecule has 0 amide bonds. The van der Waals surface area contributed by atoms with Gasteiger partial charge in [-0.15, -0.1) is 0 Å². The first-order valence-corrected chi connectivity index (χ1v) is 7.76. The van der Waals surface area contributed by atoms with Gasteiger partial charge in [-0.3, -0.25) is 0 Å². The van der Waals surface area contributed by atoms with Gasteiger partial charge in [0.15, 0.2) is 0 Å². The minimum atomic E-state index is -0.801. The second-order valence-electron chi connectivity index (χ2n) is 5.25. The summed E-state index contributed by atoms with van der Waals surface area (Å²) in [5.74, 6) is -0.121. The van der Waals surface area contributed by atoms with Crippen molar-refractivity contribution < 1.29 is 24.5 Å². The van der Waals surface area contributed by atoms with Gasteiger partial charge in [-0.05, 0) is 42.2 Å². The van der Waals surface area contributed by atoms with Gasteiger partial charge < -0.3 is 19.7 Å². The average molecular weight is 351 g/mol. The second-order valence-corrected chi connectivity index (χ2v) is 5.65. The summed E-state index contributed by atoms with van der Waals surface area (Å²) in [6.45, 7) is 0. The number of phenolic OH excluding ortho intramolecular Hbond substituents is 1. The normalized spacial score (nSPS) is 11.8. The number of hydrogen-bond donors (Lipinski definition) is 2. The molecule has 128 valence electrons. The van der Waals surface area contributed by atoms with Crippen molar-refractivity contribution in [2.24, 2.45) is 0 Å². The molecule has 0 saturated carbocycles. The van der Waals surface area contributed by atoms with Gasteiger partial charge in [0.25, 0.3) is 0 Å². The van der Waals surface area contributed by atoms with E-state index in [0.29, 0.717) is 34.7 Å². The van der Waals surface area contributed by atoms with Crippen LogP contribution in [0.4, 0.5) is 0 Å². The molecule has 6 heteroatoms. The molecule has 0 saturated heterocycles. The maximum atomic E-state index is 11.6. The largest absolute Gasteiger partial charge is 0.507 e. The van der Waals surface area contributed by atoms with E-state index >= 15 is 0 Å². The number of ether oxygens (including phenoxy) is 2. The molecular weight excluding hydrogens is 332 g/mol. The fourth-order valence-corrected chi connectivity index (χ4v) is 2.72. The van der Waals surface area contributed by atoms with E-state index in [1.807, 2.05) is 0 Å². The minimum Gasteiger partial charge on any atom is -0.507 e. The first kappa shape index (κ1) is 18.1. The number of esters is 1. The van der Waals surface area contributed by atoms with Gasteiger partial charge in [0, 0.05) is 0 Å². The number of benzene rings is 2. The summed E-state index contributed by atoms with van der Waals surface area (Å²) in [4.78, 5) is 11.6. The van der Waals surface area contributed by atoms with Crippen LogP contribution in [0.25, 0.3) is 0 Å². The molecule has 5 nitrogen and oxygen atoms in total. The Bertz CT molecular complexity index is 729. The Hall–Kier alpha value is -2.24. The number of rotatable bonds is 6. The van der Waals surface area contributed by atoms with Gasteiger partial charge in [-0.2, -0.15) is 0 Å². The number of carbonyl (C=O) groups is 1. The molecule has 2 aromatic carbocycles. The lowest BCUT2D eigenvalue weighted by molar-refractivity contribution is 0.0597. The highest BCUT2D eigenvalue weighted by molar-refractivity contribution is 6.31. The molecule has 0 fully saturated rings. The van der Waals surface area contributed by atoms with Crippen molar-refractivity contribution in [3.8, 4) is 11.5 Å². The topological polar surface area (TPSA) is 76.0 Å². The molecule has 2 aromatic rings. The number of para-hydroxylation sites is 1. The monoisotopic (exact) mass is 350 g/mol. The molecule has 0 spiro atoms. The van der Waals surface area contributed by atoms with E-state index in [0.717, 1.165) is 0 Å². The maximum Gasteiger partial charge on any atom is 0.341 e. The van der Waals surface area contributed by atoms with E-state index in [-0.39, 0.29) is 11.3 Å². The molecule has 1 atom stereocenters. The van der Waals surface area contributed by atoms with Gasteiger partial charge in [-0.1, -0.05) is 29.8 Å². The van der Waals surface area contributed by atoms with Crippen LogP contribution in [0.1, 0.15) is 34.0 Å². The predicted molar refractivity (Wildman–Crippen MR) is 90.7 cm³/mol. The number of aryl methyl sites for hydroxylation is 1. The molecule has 0 heterocycles. The van der Waals surface area contributed by atoms with Crippen LogP contribution in [0.5, 0.6) is 11.5 Å². The highest BCUT2D eigenvalue weighted by Gasteiger charge is 2.17. The number of hydrogen-bond acceptors (Lipinski definition) is 5. The third kappa shape index (κ3) is 3.99. The second kappa shape index (κ2) is 8.04. The molecule has 2 N–H and O–H groups in total. The Morgan fingerprint density at radius 2 is 2.00 bits per heavy atom. The zero-order chi connectivity index (χ0) is 17.7. The van der Waals surface area contributed by atoms with E-state index in [1.54, 1.807) is 37.4 Å². The average Bonchev–Trinajstić information content (AvgIpc) is 2.59. The van der Waals surface area contributed by atoms with Gasteiger partial charge in [0.1, 0.15) is 17.1 Å². The fourth-order valence-electron chi connectivity index (χ4n) is 2.42. The molecular formula is C18H19ClO5. The quantitative estimate of drug-likeness (QED) is 0.780. The van der Waals surface area contributed by atoms with Gasteiger partial charge in [-0.25, -0.2) is 4.79 Å². The van der Waals surface area contributed by atoms with Crippen molar-refractivity contribution in [1.29, 1.82) is 0 Å². The maximum absolute atomic E-state index is 11.6. The summed E-state index contributed by atoms with van der Waals surface area (Å²) in [5, 5.41) is 20.9. The lowest BCUT2D eigenvalue weighted by Crippen LogP contribution is -2.04. The fraction of sp³-hybridized carbons (Fsp3) is 0.278. The van der Waals surface area contributed by atoms with Crippen LogP contribution in [0, 0.1) is 0 Å². The molecule has 0 aliphatic heterocycles. The SMILES string of the molecule is COC(=O)c1cccc(CCC(O)c2ccc(OC)cc2Cl)c1O. The highest BCUT2D eigenvalue weighted by Crippen LogP contribution is 2.31. The molecule has 2 rings (SSSR count). The first-order valence-electron chi connectivity index (χ1n) is 7.38. The third-order valence-corrected chi connectivity index (χ3v) is 4.11. The van der Waals surface area contributed by atoms with E-state index in [1.165, 1.54) is 13.2 Å². The highest BCUT2D eigenvalue weighted by atomic mass is 35.5. The number of aliphatic hydroxyl groups is 1. The molecule has 0 aliphatic carbocycles. The first-order chi connectivity index (χ1) is 11.5. The van der Waals surface area contributed by atoms with E-state index in [4.69, 9.17) is 16.3 Å². The van der Waals surface area contributed by atoms with Crippen LogP contribution >= 0.6 is 11.6 Å². The summed E-state index contributed by atoms with van der Waals surface area (Å²) in [5.41, 5.74) is 1.25. The standard InChI is InChI=1S/C18H19ClO5/c1-23-12-7-8-13(15(19)10-12)16(20)9-6-11-4-3-5-14(17(11)21)18(22)24-2/h3-5,7-8,10,16,20-21H,6,9H2,1-2H3. The summed E-state index contributed by atoms with van der Waals surface area (Å²) in [6.07, 6.45) is -0.0886. The molecule has 0 aliphatic rings. The summed E-state index contributed by atoms with van der Waals surface area (Å²) in [6, 6.07) is 9.91. The van der Waals surface area contributed by atoms with E-state index in [2.05, 4.69) is 4.74 Å². The number of carbonyl (C=O) groups excluding carboxylic acids is 1. The minimum absolute atomic E-state index is 0.104. The van der Waals surface area contributed by atoms with Gasteiger partial charge in [0.2, 0.25) is 0 Å². The molecule has 0 radical (unpaired) electrons. The lowest BCUT2D eigenvalue weighted by Gasteiger charge is -2.14. The Morgan fingerprint density at radius 1 is 1.25 bits per heavy atom. The van der Waals surface area contributed by atoms with Crippen molar-refractivity contribution in [1.82, 2.24) is 0 Å². The van der Waals surface area contributed by atoms with Crippen molar-refractivity contribution in [2.75, 3.05) is 14.2 Å². The lowest BCUT2D eigenvalue weighted by atomic mass is 9.99. The number of aliphatic hydroxyl groups excluding tert-OH is 1. The van der Waals surface area contributed by atoms with Gasteiger partial charge >= 0.3 is 5.97 Å². The number of methoxy groups -OCH3 is 2. The van der Waals surface area contributed by atoms with E-state index < -0.39 is 12.1 Å². The Morgan fingerprint density at radius 3 is 2.62 bits per heavy atom. The number of phenols is 1. The molecule has 24 heavy (non-hydrogen) atoms. The summed E-state index contributed by atoms with van der Waals surface area (Å²) < 4.78 is 9.71. The zero-order valence-corrected chi connectivity index (χ0v) is 14.2. The van der Waals surface area contributed by atoms with Crippen LogP contribution in [-0.4, -0.2) is 30.4 Å². The molecule has 0 bridgehead atoms. The third-order valence-electron chi connectivity index (χ3n) is 3.78. The zero-order valence-electron chi connectivity index (χ0n) is 13.5. The number of halogens is 1. The van der Waals surface area contributed by atoms with Crippen molar-refractivity contribution in [3.05, 3.63) is 58.1 Å². The Kier molecular flexibility index (Phi) is 6.06. The van der Waals surface area contributed by atoms with Crippen molar-refractivity contribution in [2.45, 2.75) is 18.9 Å². The molecule has 1 unspecified atom stereocenters. The van der Waals surface area contributed by atoms with Crippen molar-refractivity contribution in [3.63, 3.8) is 0 Å². The van der Waals surface area contributed by atoms with Crippen LogP contribution in [0.2, 0.25) is 5.02 Å². The van der Waals surface area contributed by atoms with Crippen LogP contribution in [0.3, 0.4) is 0 Å².